The number of ether oxygens (including phenoxy) is 1. The van der Waals surface area contributed by atoms with Gasteiger partial charge in [-0.3, -0.25) is 9.89 Å². The second-order valence-electron chi connectivity index (χ2n) is 6.33. The summed E-state index contributed by atoms with van der Waals surface area (Å²) in [5.41, 5.74) is 1.87. The lowest BCUT2D eigenvalue weighted by molar-refractivity contribution is -0.143. The lowest BCUT2D eigenvalue weighted by Crippen LogP contribution is -2.45. The first-order valence-corrected chi connectivity index (χ1v) is 8.16. The van der Waals surface area contributed by atoms with Crippen molar-refractivity contribution in [3.05, 3.63) is 28.7 Å². The number of nitrogens with zero attached hydrogens (tertiary/aromatic N) is 4. The van der Waals surface area contributed by atoms with E-state index in [9.17, 15) is 4.79 Å². The quantitative estimate of drug-likeness (QED) is 0.910. The van der Waals surface area contributed by atoms with E-state index < -0.39 is 0 Å². The largest absolute Gasteiger partial charge is 0.366 e. The summed E-state index contributed by atoms with van der Waals surface area (Å²) in [7, 11) is 0. The molecule has 1 N–H and O–H groups in total. The van der Waals surface area contributed by atoms with Gasteiger partial charge in [0, 0.05) is 18.0 Å². The number of morpholine rings is 1. The Kier molecular flexibility index (Phi) is 4.66. The number of amides is 1. The van der Waals surface area contributed by atoms with Gasteiger partial charge in [-0.15, -0.1) is 0 Å². The van der Waals surface area contributed by atoms with Crippen LogP contribution in [0.4, 0.5) is 0 Å². The highest BCUT2D eigenvalue weighted by Gasteiger charge is 2.30. The minimum absolute atomic E-state index is 0.107. The third-order valence-electron chi connectivity index (χ3n) is 4.39. The lowest BCUT2D eigenvalue weighted by Gasteiger charge is -2.33. The van der Waals surface area contributed by atoms with Crippen molar-refractivity contribution in [1.82, 2.24) is 25.2 Å². The van der Waals surface area contributed by atoms with E-state index in [2.05, 4.69) is 20.3 Å². The average molecular weight is 333 g/mol. The van der Waals surface area contributed by atoms with Crippen LogP contribution in [-0.2, 0) is 16.0 Å². The maximum absolute atomic E-state index is 12.8. The van der Waals surface area contributed by atoms with Crippen molar-refractivity contribution in [1.29, 1.82) is 0 Å². The summed E-state index contributed by atoms with van der Waals surface area (Å²) < 4.78 is 10.9. The van der Waals surface area contributed by atoms with E-state index in [1.807, 2.05) is 32.6 Å². The number of aromatic nitrogens is 4. The fourth-order valence-electron chi connectivity index (χ4n) is 3.01. The van der Waals surface area contributed by atoms with Gasteiger partial charge in [0.15, 0.2) is 5.82 Å². The van der Waals surface area contributed by atoms with Crippen LogP contribution >= 0.6 is 0 Å². The number of carbonyl (C=O) groups excluding carboxylic acids is 1. The van der Waals surface area contributed by atoms with E-state index in [4.69, 9.17) is 9.26 Å². The highest BCUT2D eigenvalue weighted by atomic mass is 16.5. The maximum atomic E-state index is 12.8. The molecule has 24 heavy (non-hydrogen) atoms. The molecule has 0 spiro atoms. The SMILES string of the molecule is Cc1nc(C2CN(C(=O)C(C)Cc3c(C)noc3C)CCO2)n[nH]1. The molecule has 8 nitrogen and oxygen atoms in total. The molecule has 2 aromatic heterocycles. The standard InChI is InChI=1S/C16H23N5O3/c1-9(7-13-10(2)20-24-11(13)3)16(22)21-5-6-23-14(8-21)15-17-12(4)18-19-15/h9,14H,5-8H2,1-4H3,(H,17,18,19). The van der Waals surface area contributed by atoms with Crippen LogP contribution in [0.3, 0.4) is 0 Å². The molecule has 3 rings (SSSR count). The second kappa shape index (κ2) is 6.72. The van der Waals surface area contributed by atoms with Gasteiger partial charge in [-0.05, 0) is 27.2 Å². The van der Waals surface area contributed by atoms with Gasteiger partial charge in [-0.1, -0.05) is 12.1 Å². The summed E-state index contributed by atoms with van der Waals surface area (Å²) in [4.78, 5) is 18.9. The molecule has 1 amide bonds. The Labute approximate surface area is 140 Å². The average Bonchev–Trinajstić information content (AvgIpc) is 3.15. The maximum Gasteiger partial charge on any atom is 0.225 e. The van der Waals surface area contributed by atoms with Crippen molar-refractivity contribution in [2.24, 2.45) is 5.92 Å². The topological polar surface area (TPSA) is 97.1 Å². The highest BCUT2D eigenvalue weighted by Crippen LogP contribution is 2.23. The minimum atomic E-state index is -0.279. The van der Waals surface area contributed by atoms with E-state index in [-0.39, 0.29) is 17.9 Å². The van der Waals surface area contributed by atoms with Gasteiger partial charge in [0.2, 0.25) is 5.91 Å². The smallest absolute Gasteiger partial charge is 0.225 e. The second-order valence-corrected chi connectivity index (χ2v) is 6.33. The van der Waals surface area contributed by atoms with E-state index in [1.165, 1.54) is 0 Å². The third-order valence-corrected chi connectivity index (χ3v) is 4.39. The molecule has 3 heterocycles. The lowest BCUT2D eigenvalue weighted by atomic mass is 9.98. The van der Waals surface area contributed by atoms with Crippen molar-refractivity contribution in [2.45, 2.75) is 40.2 Å². The molecule has 8 heteroatoms. The van der Waals surface area contributed by atoms with Gasteiger partial charge in [0.05, 0.1) is 18.8 Å². The highest BCUT2D eigenvalue weighted by molar-refractivity contribution is 5.79. The molecule has 1 aliphatic heterocycles. The van der Waals surface area contributed by atoms with Crippen LogP contribution in [-0.4, -0.2) is 50.8 Å². The van der Waals surface area contributed by atoms with Crippen molar-refractivity contribution < 1.29 is 14.1 Å². The fraction of sp³-hybridized carbons (Fsp3) is 0.625. The number of aryl methyl sites for hydroxylation is 3. The van der Waals surface area contributed by atoms with Crippen LogP contribution in [0.15, 0.2) is 4.52 Å². The third kappa shape index (κ3) is 3.33. The summed E-state index contributed by atoms with van der Waals surface area (Å²) in [6.07, 6.45) is 0.348. The zero-order valence-corrected chi connectivity index (χ0v) is 14.5. The molecular weight excluding hydrogens is 310 g/mol. The molecule has 0 aliphatic carbocycles. The summed E-state index contributed by atoms with van der Waals surface area (Å²) in [5, 5.41) is 10.9. The molecule has 0 radical (unpaired) electrons. The van der Waals surface area contributed by atoms with Crippen molar-refractivity contribution in [3.63, 3.8) is 0 Å². The van der Waals surface area contributed by atoms with Gasteiger partial charge in [0.1, 0.15) is 17.7 Å². The van der Waals surface area contributed by atoms with Crippen molar-refractivity contribution >= 4 is 5.91 Å². The first-order valence-electron chi connectivity index (χ1n) is 8.16. The molecule has 2 unspecified atom stereocenters. The van der Waals surface area contributed by atoms with Gasteiger partial charge >= 0.3 is 0 Å². The molecule has 0 saturated carbocycles. The monoisotopic (exact) mass is 333 g/mol. The van der Waals surface area contributed by atoms with Crippen LogP contribution in [0, 0.1) is 26.7 Å². The van der Waals surface area contributed by atoms with E-state index in [0.29, 0.717) is 31.9 Å². The Hall–Kier alpha value is -2.22. The first-order chi connectivity index (χ1) is 11.5. The Morgan fingerprint density at radius 3 is 2.83 bits per heavy atom. The molecule has 1 saturated heterocycles. The predicted octanol–water partition coefficient (Wildman–Crippen LogP) is 1.50. The first kappa shape index (κ1) is 16.6. The van der Waals surface area contributed by atoms with Gasteiger partial charge in [-0.25, -0.2) is 4.98 Å². The van der Waals surface area contributed by atoms with Crippen molar-refractivity contribution in [3.8, 4) is 0 Å². The Balaban J connectivity index is 1.65. The van der Waals surface area contributed by atoms with Crippen LogP contribution in [0.5, 0.6) is 0 Å². The normalized spacial score (nSPS) is 19.5. The molecule has 2 atom stereocenters. The number of aromatic amines is 1. The zero-order valence-electron chi connectivity index (χ0n) is 14.5. The van der Waals surface area contributed by atoms with Crippen molar-refractivity contribution in [2.75, 3.05) is 19.7 Å². The van der Waals surface area contributed by atoms with Gasteiger partial charge in [0.25, 0.3) is 0 Å². The summed E-state index contributed by atoms with van der Waals surface area (Å²) in [6.45, 7) is 9.11. The number of carbonyl (C=O) groups is 1. The summed E-state index contributed by atoms with van der Waals surface area (Å²) in [6, 6.07) is 0. The number of H-pyrrole nitrogens is 1. The van der Waals surface area contributed by atoms with E-state index in [1.54, 1.807) is 0 Å². The Morgan fingerprint density at radius 1 is 1.42 bits per heavy atom. The molecule has 130 valence electrons. The number of rotatable bonds is 4. The Morgan fingerprint density at radius 2 is 2.21 bits per heavy atom. The van der Waals surface area contributed by atoms with E-state index in [0.717, 1.165) is 22.8 Å². The molecule has 0 aromatic carbocycles. The number of nitrogens with one attached hydrogen (secondary N) is 1. The molecule has 1 aliphatic rings. The number of hydrogen-bond donors (Lipinski definition) is 1. The fourth-order valence-corrected chi connectivity index (χ4v) is 3.01. The zero-order chi connectivity index (χ0) is 17.3. The number of hydrogen-bond acceptors (Lipinski definition) is 6. The predicted molar refractivity (Wildman–Crippen MR) is 85.2 cm³/mol. The van der Waals surface area contributed by atoms with Crippen LogP contribution in [0.1, 0.15) is 41.7 Å². The molecule has 1 fully saturated rings. The Bertz CT molecular complexity index is 704. The van der Waals surface area contributed by atoms with Crippen LogP contribution < -0.4 is 0 Å². The van der Waals surface area contributed by atoms with Crippen LogP contribution in [0.25, 0.3) is 0 Å². The molecular formula is C16H23N5O3. The van der Waals surface area contributed by atoms with Gasteiger partial charge in [-0.2, -0.15) is 5.10 Å². The van der Waals surface area contributed by atoms with Gasteiger partial charge < -0.3 is 14.2 Å². The van der Waals surface area contributed by atoms with E-state index >= 15 is 0 Å². The molecule has 2 aromatic rings. The summed E-state index contributed by atoms with van der Waals surface area (Å²) in [5.74, 6) is 2.08. The van der Waals surface area contributed by atoms with Crippen LogP contribution in [0.2, 0.25) is 0 Å². The summed E-state index contributed by atoms with van der Waals surface area (Å²) >= 11 is 0. The minimum Gasteiger partial charge on any atom is -0.366 e. The molecule has 0 bridgehead atoms.